The van der Waals surface area contributed by atoms with Crippen LogP contribution in [0.5, 0.6) is 0 Å². The van der Waals surface area contributed by atoms with Crippen molar-refractivity contribution in [3.8, 4) is 0 Å². The van der Waals surface area contributed by atoms with E-state index in [1.54, 1.807) is 6.92 Å². The fourth-order valence-corrected chi connectivity index (χ4v) is 2.93. The van der Waals surface area contributed by atoms with Crippen LogP contribution in [-0.4, -0.2) is 25.5 Å². The summed E-state index contributed by atoms with van der Waals surface area (Å²) in [4.78, 5) is 10.9. The predicted molar refractivity (Wildman–Crippen MR) is 45.2 cm³/mol. The Labute approximate surface area is 72.3 Å². The molecule has 0 aromatic carbocycles. The minimum absolute atomic E-state index is 0.189. The zero-order chi connectivity index (χ0) is 9.19. The number of nitrogens with one attached hydrogen (secondary N) is 1. The molecule has 1 atom stereocenters. The van der Waals surface area contributed by atoms with E-state index in [-0.39, 0.29) is 11.7 Å². The van der Waals surface area contributed by atoms with Crippen molar-refractivity contribution in [3.63, 3.8) is 0 Å². The molecule has 1 heterocycles. The van der Waals surface area contributed by atoms with Gasteiger partial charge in [0.1, 0.15) is 5.37 Å². The van der Waals surface area contributed by atoms with E-state index in [1.165, 1.54) is 0 Å². The first kappa shape index (κ1) is 9.51. The summed E-state index contributed by atoms with van der Waals surface area (Å²) in [5, 5.41) is 1.87. The van der Waals surface area contributed by atoms with Crippen LogP contribution >= 0.6 is 0 Å². The molecule has 70 valence electrons. The number of carbonyl (C=O) groups excluding carboxylic acids is 1. The molecule has 1 saturated heterocycles. The van der Waals surface area contributed by atoms with Crippen molar-refractivity contribution in [1.82, 2.24) is 5.32 Å². The lowest BCUT2D eigenvalue weighted by Gasteiger charge is -2.10. The fourth-order valence-electron chi connectivity index (χ4n) is 1.24. The van der Waals surface area contributed by atoms with Gasteiger partial charge in [0, 0.05) is 6.42 Å². The summed E-state index contributed by atoms with van der Waals surface area (Å²) in [6.07, 6.45) is 1.57. The Morgan fingerprint density at radius 1 is 1.58 bits per heavy atom. The third-order valence-corrected chi connectivity index (χ3v) is 4.05. The first-order chi connectivity index (χ1) is 5.56. The molecule has 1 aliphatic heterocycles. The molecular weight excluding hydrogens is 178 g/mol. The molecule has 1 amide bonds. The van der Waals surface area contributed by atoms with Gasteiger partial charge in [-0.1, -0.05) is 6.92 Å². The largest absolute Gasteiger partial charge is 0.340 e. The predicted octanol–water partition coefficient (Wildman–Crippen LogP) is 0.0473. The molecule has 0 spiro atoms. The van der Waals surface area contributed by atoms with Crippen LogP contribution < -0.4 is 5.32 Å². The van der Waals surface area contributed by atoms with Crippen molar-refractivity contribution in [2.24, 2.45) is 0 Å². The number of amides is 1. The van der Waals surface area contributed by atoms with Crippen LogP contribution in [0.3, 0.4) is 0 Å². The molecule has 0 bridgehead atoms. The van der Waals surface area contributed by atoms with Gasteiger partial charge in [-0.25, -0.2) is 8.42 Å². The third kappa shape index (κ3) is 1.97. The molecule has 0 radical (unpaired) electrons. The normalized spacial score (nSPS) is 26.9. The summed E-state index contributed by atoms with van der Waals surface area (Å²) >= 11 is 0. The van der Waals surface area contributed by atoms with E-state index in [9.17, 15) is 13.2 Å². The summed E-state index contributed by atoms with van der Waals surface area (Å²) in [5.74, 6) is 0.0206. The average Bonchev–Trinajstić information content (AvgIpc) is 2.31. The second-order valence-corrected chi connectivity index (χ2v) is 5.22. The zero-order valence-electron chi connectivity index (χ0n) is 7.04. The van der Waals surface area contributed by atoms with Crippen molar-refractivity contribution in [1.29, 1.82) is 0 Å². The minimum atomic E-state index is -3.02. The van der Waals surface area contributed by atoms with Crippen LogP contribution in [0.1, 0.15) is 26.2 Å². The van der Waals surface area contributed by atoms with Crippen molar-refractivity contribution in [3.05, 3.63) is 0 Å². The number of hydrogen-bond acceptors (Lipinski definition) is 3. The molecule has 4 nitrogen and oxygen atoms in total. The average molecular weight is 191 g/mol. The summed E-state index contributed by atoms with van der Waals surface area (Å²) < 4.78 is 22.4. The van der Waals surface area contributed by atoms with Crippen molar-refractivity contribution in [2.75, 3.05) is 5.75 Å². The first-order valence-corrected chi connectivity index (χ1v) is 5.78. The summed E-state index contributed by atoms with van der Waals surface area (Å²) in [5.41, 5.74) is 0. The maximum absolute atomic E-state index is 11.2. The molecule has 1 unspecified atom stereocenters. The molecule has 12 heavy (non-hydrogen) atoms. The van der Waals surface area contributed by atoms with E-state index in [0.29, 0.717) is 19.3 Å². The summed E-state index contributed by atoms with van der Waals surface area (Å²) in [6.45, 7) is 1.71. The highest BCUT2D eigenvalue weighted by atomic mass is 32.2. The zero-order valence-corrected chi connectivity index (χ0v) is 7.86. The Kier molecular flexibility index (Phi) is 2.72. The van der Waals surface area contributed by atoms with Gasteiger partial charge in [0.05, 0.1) is 5.75 Å². The van der Waals surface area contributed by atoms with Gasteiger partial charge in [0.15, 0.2) is 9.84 Å². The van der Waals surface area contributed by atoms with Gasteiger partial charge in [-0.15, -0.1) is 0 Å². The van der Waals surface area contributed by atoms with E-state index in [2.05, 4.69) is 5.32 Å². The second-order valence-electron chi connectivity index (χ2n) is 2.92. The van der Waals surface area contributed by atoms with Crippen LogP contribution in [0, 0.1) is 0 Å². The number of carbonyl (C=O) groups is 1. The van der Waals surface area contributed by atoms with Crippen LogP contribution in [0.25, 0.3) is 0 Å². The highest BCUT2D eigenvalue weighted by molar-refractivity contribution is 7.92. The molecule has 1 rings (SSSR count). The van der Waals surface area contributed by atoms with E-state index >= 15 is 0 Å². The van der Waals surface area contributed by atoms with Crippen LogP contribution in [0.15, 0.2) is 0 Å². The van der Waals surface area contributed by atoms with E-state index in [1.807, 2.05) is 0 Å². The lowest BCUT2D eigenvalue weighted by Crippen LogP contribution is -2.37. The number of sulfone groups is 1. The minimum Gasteiger partial charge on any atom is -0.340 e. The Morgan fingerprint density at radius 2 is 2.25 bits per heavy atom. The lowest BCUT2D eigenvalue weighted by atomic mass is 10.3. The molecule has 0 saturated carbocycles. The second kappa shape index (κ2) is 3.43. The Bertz CT molecular complexity index is 270. The molecule has 5 heteroatoms. The Hall–Kier alpha value is -0.580. The van der Waals surface area contributed by atoms with E-state index < -0.39 is 15.2 Å². The summed E-state index contributed by atoms with van der Waals surface area (Å²) in [7, 11) is -3.02. The maximum atomic E-state index is 11.2. The van der Waals surface area contributed by atoms with E-state index in [0.717, 1.165) is 0 Å². The molecular formula is C7H13NO3S. The Morgan fingerprint density at radius 3 is 2.67 bits per heavy atom. The molecule has 1 N–H and O–H groups in total. The maximum Gasteiger partial charge on any atom is 0.220 e. The van der Waals surface area contributed by atoms with Crippen LogP contribution in [0.2, 0.25) is 0 Å². The highest BCUT2D eigenvalue weighted by Gasteiger charge is 2.31. The van der Waals surface area contributed by atoms with Gasteiger partial charge >= 0.3 is 0 Å². The van der Waals surface area contributed by atoms with Crippen LogP contribution in [0.4, 0.5) is 0 Å². The quantitative estimate of drug-likeness (QED) is 0.670. The van der Waals surface area contributed by atoms with Gasteiger partial charge in [-0.05, 0) is 12.8 Å². The smallest absolute Gasteiger partial charge is 0.220 e. The standard InChI is InChI=1S/C7H13NO3S/c1-2-6(9)8-7-4-3-5-12(7,10)11/h7H,2-5H2,1H3,(H,8,9). The lowest BCUT2D eigenvalue weighted by molar-refractivity contribution is -0.121. The molecule has 0 aromatic rings. The van der Waals surface area contributed by atoms with Crippen molar-refractivity contribution < 1.29 is 13.2 Å². The molecule has 0 aliphatic carbocycles. The molecule has 0 aromatic heterocycles. The topological polar surface area (TPSA) is 63.2 Å². The van der Waals surface area contributed by atoms with Crippen molar-refractivity contribution in [2.45, 2.75) is 31.6 Å². The van der Waals surface area contributed by atoms with Crippen molar-refractivity contribution >= 4 is 15.7 Å². The van der Waals surface area contributed by atoms with Gasteiger partial charge in [-0.3, -0.25) is 4.79 Å². The van der Waals surface area contributed by atoms with E-state index in [4.69, 9.17) is 0 Å². The Balaban J connectivity index is 2.59. The van der Waals surface area contributed by atoms with Crippen LogP contribution in [-0.2, 0) is 14.6 Å². The van der Waals surface area contributed by atoms with Gasteiger partial charge in [0.25, 0.3) is 0 Å². The third-order valence-electron chi connectivity index (χ3n) is 1.97. The fraction of sp³-hybridized carbons (Fsp3) is 0.857. The molecule has 1 aliphatic rings. The summed E-state index contributed by atoms with van der Waals surface area (Å²) in [6, 6.07) is 0. The number of rotatable bonds is 2. The molecule has 1 fully saturated rings. The van der Waals surface area contributed by atoms with Gasteiger partial charge in [0.2, 0.25) is 5.91 Å². The van der Waals surface area contributed by atoms with Gasteiger partial charge < -0.3 is 5.32 Å². The SMILES string of the molecule is CCC(=O)NC1CCCS1(=O)=O. The first-order valence-electron chi connectivity index (χ1n) is 4.07. The van der Waals surface area contributed by atoms with Gasteiger partial charge in [-0.2, -0.15) is 0 Å². The highest BCUT2D eigenvalue weighted by Crippen LogP contribution is 2.17. The monoisotopic (exact) mass is 191 g/mol. The number of hydrogen-bond donors (Lipinski definition) is 1.